The minimum atomic E-state index is -1.89. The van der Waals surface area contributed by atoms with Crippen molar-refractivity contribution in [1.29, 1.82) is 0 Å². The fourth-order valence-corrected chi connectivity index (χ4v) is 53.3. The SMILES string of the molecule is C[CH2][GeH]([CH2]C)[Zr+2]([CH]1C(C)=Cc2ccccc21)[CH]1C(C)=Cc2c(-c3ccccc3)cccc21.[Cl-].[Cl-]. The molecule has 0 fully saturated rings. The van der Waals surface area contributed by atoms with Crippen LogP contribution in [-0.2, 0) is 19.2 Å². The van der Waals surface area contributed by atoms with Crippen molar-refractivity contribution in [3.63, 3.8) is 0 Å². The second-order valence-electron chi connectivity index (χ2n) is 9.46. The Balaban J connectivity index is 0.00000162. The third kappa shape index (κ3) is 4.88. The van der Waals surface area contributed by atoms with Crippen molar-refractivity contribution in [3.8, 4) is 11.1 Å². The molecule has 3 aromatic rings. The van der Waals surface area contributed by atoms with E-state index < -0.39 is 29.8 Å². The van der Waals surface area contributed by atoms with Gasteiger partial charge in [0.2, 0.25) is 0 Å². The summed E-state index contributed by atoms with van der Waals surface area (Å²) in [5, 5.41) is 3.00. The van der Waals surface area contributed by atoms with E-state index in [2.05, 4.69) is 113 Å². The van der Waals surface area contributed by atoms with Crippen LogP contribution < -0.4 is 24.8 Å². The number of rotatable bonds is 6. The van der Waals surface area contributed by atoms with Gasteiger partial charge < -0.3 is 24.8 Å². The van der Waals surface area contributed by atoms with Crippen LogP contribution in [0.1, 0.15) is 57.2 Å². The van der Waals surface area contributed by atoms with Gasteiger partial charge in [-0.05, 0) is 0 Å². The molecule has 0 N–H and O–H groups in total. The Labute approximate surface area is 227 Å². The first-order valence-corrected chi connectivity index (χ1v) is 27.0. The van der Waals surface area contributed by atoms with Crippen molar-refractivity contribution in [2.45, 2.75) is 45.5 Å². The van der Waals surface area contributed by atoms with E-state index in [1.165, 1.54) is 32.8 Å². The smallest absolute Gasteiger partial charge is 1.00 e. The molecule has 2 unspecified atom stereocenters. The van der Waals surface area contributed by atoms with E-state index in [-0.39, 0.29) is 24.8 Å². The molecule has 2 aliphatic rings. The van der Waals surface area contributed by atoms with E-state index in [9.17, 15) is 0 Å². The normalized spacial score (nSPS) is 17.8. The standard InChI is InChI=1S/C16H13.C10H9.C4H11Ge.2ClH.Zr/c1-12-10-14-8-5-9-15(16(14)11-12)13-6-3-2-4-7-13;1-8-6-9-4-2-3-5-10(9)7-8;1-3-5-4-2;;;/h2-11H,1H3;2-7H,1H3;5H,3-4H2,1-2H3;2*1H;/q;;;;;+2/p-2. The molecular weight excluding hydrogens is 595 g/mol. The van der Waals surface area contributed by atoms with Gasteiger partial charge in [0.1, 0.15) is 0 Å². The van der Waals surface area contributed by atoms with Crippen LogP contribution in [0.15, 0.2) is 83.9 Å². The Hall–Kier alpha value is -0.854. The molecular formula is C30H33Cl2GeZr. The first kappa shape index (κ1) is 27.7. The predicted molar refractivity (Wildman–Crippen MR) is 139 cm³/mol. The Kier molecular flexibility index (Phi) is 9.72. The van der Waals surface area contributed by atoms with Crippen LogP contribution in [0, 0.1) is 0 Å². The molecule has 0 nitrogen and oxygen atoms in total. The predicted octanol–water partition coefficient (Wildman–Crippen LogP) is 2.36. The van der Waals surface area contributed by atoms with E-state index >= 15 is 0 Å². The number of halogens is 2. The van der Waals surface area contributed by atoms with Gasteiger partial charge in [-0.25, -0.2) is 0 Å². The number of benzene rings is 3. The van der Waals surface area contributed by atoms with Crippen molar-refractivity contribution in [3.05, 3.63) is 106 Å². The Bertz CT molecular complexity index is 1200. The molecule has 0 bridgehead atoms. The van der Waals surface area contributed by atoms with Crippen molar-refractivity contribution < 1.29 is 44.1 Å². The first-order chi connectivity index (χ1) is 15.6. The first-order valence-electron chi connectivity index (χ1n) is 12.1. The summed E-state index contributed by atoms with van der Waals surface area (Å²) in [6, 6.07) is 27.4. The average Bonchev–Trinajstić information content (AvgIpc) is 3.33. The maximum Gasteiger partial charge on any atom is -1.00 e. The van der Waals surface area contributed by atoms with Crippen molar-refractivity contribution in [2.24, 2.45) is 0 Å². The Morgan fingerprint density at radius 2 is 1.26 bits per heavy atom. The van der Waals surface area contributed by atoms with Gasteiger partial charge in [0, 0.05) is 0 Å². The zero-order chi connectivity index (χ0) is 22.2. The molecule has 0 amide bonds. The Morgan fingerprint density at radius 3 is 1.97 bits per heavy atom. The average molecular weight is 628 g/mol. The molecule has 2 aliphatic carbocycles. The van der Waals surface area contributed by atoms with Crippen LogP contribution in [0.4, 0.5) is 0 Å². The minimum Gasteiger partial charge on any atom is -1.00 e. The number of hydrogen-bond acceptors (Lipinski definition) is 0. The van der Waals surface area contributed by atoms with Gasteiger partial charge in [0.15, 0.2) is 0 Å². The summed E-state index contributed by atoms with van der Waals surface area (Å²) in [7, 11) is -1.37. The van der Waals surface area contributed by atoms with Crippen molar-refractivity contribution >= 4 is 22.7 Å². The van der Waals surface area contributed by atoms with E-state index in [0.717, 1.165) is 7.25 Å². The van der Waals surface area contributed by atoms with E-state index in [1.807, 2.05) is 0 Å². The zero-order valence-electron chi connectivity index (χ0n) is 20.5. The molecule has 0 aromatic heterocycles. The fourth-order valence-electron chi connectivity index (χ4n) is 6.18. The summed E-state index contributed by atoms with van der Waals surface area (Å²) in [5.74, 6) is 0. The molecule has 0 radical (unpaired) electrons. The molecule has 0 spiro atoms. The van der Waals surface area contributed by atoms with Gasteiger partial charge in [-0.3, -0.25) is 0 Å². The third-order valence-corrected chi connectivity index (χ3v) is 51.5. The number of allylic oxidation sites excluding steroid dienone is 2. The summed E-state index contributed by atoms with van der Waals surface area (Å²) >= 11 is -1.89. The largest absolute Gasteiger partial charge is 1.00 e. The van der Waals surface area contributed by atoms with Gasteiger partial charge in [0.25, 0.3) is 0 Å². The molecule has 0 saturated carbocycles. The van der Waals surface area contributed by atoms with Crippen molar-refractivity contribution in [2.75, 3.05) is 0 Å². The van der Waals surface area contributed by atoms with Crippen LogP contribution in [0.25, 0.3) is 23.3 Å². The van der Waals surface area contributed by atoms with E-state index in [1.54, 1.807) is 22.3 Å². The van der Waals surface area contributed by atoms with Crippen LogP contribution in [-0.4, -0.2) is 10.6 Å². The quantitative estimate of drug-likeness (QED) is 0.368. The van der Waals surface area contributed by atoms with Crippen LogP contribution >= 0.6 is 0 Å². The van der Waals surface area contributed by atoms with E-state index in [4.69, 9.17) is 0 Å². The molecule has 0 aliphatic heterocycles. The van der Waals surface area contributed by atoms with Gasteiger partial charge >= 0.3 is 205 Å². The summed E-state index contributed by atoms with van der Waals surface area (Å²) in [5.41, 5.74) is 12.4. The molecule has 0 saturated heterocycles. The summed E-state index contributed by atoms with van der Waals surface area (Å²) < 4.78 is 1.53. The number of fused-ring (bicyclic) bond motifs is 2. The zero-order valence-corrected chi connectivity index (χ0v) is 26.9. The Morgan fingerprint density at radius 1 is 0.676 bits per heavy atom. The number of hydrogen-bond donors (Lipinski definition) is 0. The molecule has 34 heavy (non-hydrogen) atoms. The van der Waals surface area contributed by atoms with Gasteiger partial charge in [0.05, 0.1) is 0 Å². The summed E-state index contributed by atoms with van der Waals surface area (Å²) in [6.45, 7) is 9.92. The van der Waals surface area contributed by atoms with Crippen molar-refractivity contribution in [1.82, 2.24) is 0 Å². The van der Waals surface area contributed by atoms with Gasteiger partial charge in [-0.15, -0.1) is 0 Å². The molecule has 175 valence electrons. The monoisotopic (exact) mass is 627 g/mol. The minimum absolute atomic E-state index is 0. The molecule has 2 atom stereocenters. The van der Waals surface area contributed by atoms with Crippen LogP contribution in [0.5, 0.6) is 0 Å². The summed E-state index contributed by atoms with van der Waals surface area (Å²) in [6.07, 6.45) is 5.08. The third-order valence-electron chi connectivity index (χ3n) is 7.63. The molecule has 5 rings (SSSR count). The maximum atomic E-state index is 2.56. The summed E-state index contributed by atoms with van der Waals surface area (Å²) in [4.78, 5) is 0. The molecule has 0 heterocycles. The van der Waals surface area contributed by atoms with E-state index in [0.29, 0.717) is 0 Å². The molecule has 4 heteroatoms. The van der Waals surface area contributed by atoms with Gasteiger partial charge in [-0.2, -0.15) is 0 Å². The fraction of sp³-hybridized carbons (Fsp3) is 0.267. The second-order valence-corrected chi connectivity index (χ2v) is 39.8. The maximum absolute atomic E-state index is 2.56. The van der Waals surface area contributed by atoms with Crippen LogP contribution in [0.2, 0.25) is 10.5 Å². The molecule has 3 aromatic carbocycles. The van der Waals surface area contributed by atoms with Gasteiger partial charge in [-0.1, -0.05) is 0 Å². The topological polar surface area (TPSA) is 0 Å². The van der Waals surface area contributed by atoms with Crippen LogP contribution in [0.3, 0.4) is 0 Å². The second kappa shape index (κ2) is 11.9.